The van der Waals surface area contributed by atoms with Crippen molar-refractivity contribution in [3.8, 4) is 16.8 Å². The van der Waals surface area contributed by atoms with Crippen LogP contribution >= 0.6 is 0 Å². The molecule has 8 heteroatoms. The van der Waals surface area contributed by atoms with Gasteiger partial charge < -0.3 is 10.2 Å². The van der Waals surface area contributed by atoms with Crippen LogP contribution in [0, 0.1) is 6.92 Å². The summed E-state index contributed by atoms with van der Waals surface area (Å²) >= 11 is 0. The summed E-state index contributed by atoms with van der Waals surface area (Å²) in [6.07, 6.45) is 3.93. The summed E-state index contributed by atoms with van der Waals surface area (Å²) in [6.45, 7) is 6.60. The Morgan fingerprint density at radius 1 is 0.909 bits per heavy atom. The van der Waals surface area contributed by atoms with Gasteiger partial charge in [0.1, 0.15) is 12.4 Å². The van der Waals surface area contributed by atoms with Gasteiger partial charge in [-0.05, 0) is 36.8 Å². The SMILES string of the molecule is Cc1nnc2n1-c1ccc(-c3cnn(C)c3)cc1C(c1ccc(N3CCNCC3)cc1)=NC2. The Hall–Kier alpha value is -3.78. The number of anilines is 1. The number of aryl methyl sites for hydroxylation is 2. The first-order chi connectivity index (χ1) is 16.2. The number of fused-ring (bicyclic) bond motifs is 3. The minimum Gasteiger partial charge on any atom is -0.369 e. The lowest BCUT2D eigenvalue weighted by Crippen LogP contribution is -2.43. The molecule has 0 saturated carbocycles. The topological polar surface area (TPSA) is 76.2 Å². The molecule has 1 saturated heterocycles. The molecular formula is C25H26N8. The lowest BCUT2D eigenvalue weighted by Gasteiger charge is -2.29. The zero-order valence-electron chi connectivity index (χ0n) is 18.9. The van der Waals surface area contributed by atoms with Crippen LogP contribution < -0.4 is 10.2 Å². The quantitative estimate of drug-likeness (QED) is 0.532. The molecule has 0 unspecified atom stereocenters. The van der Waals surface area contributed by atoms with Crippen molar-refractivity contribution in [1.82, 2.24) is 29.9 Å². The zero-order chi connectivity index (χ0) is 22.4. The van der Waals surface area contributed by atoms with Crippen LogP contribution in [-0.2, 0) is 13.6 Å². The van der Waals surface area contributed by atoms with Gasteiger partial charge in [0, 0.05) is 61.8 Å². The van der Waals surface area contributed by atoms with E-state index in [2.05, 4.69) is 72.5 Å². The van der Waals surface area contributed by atoms with Gasteiger partial charge in [0.25, 0.3) is 0 Å². The van der Waals surface area contributed by atoms with E-state index in [-0.39, 0.29) is 0 Å². The van der Waals surface area contributed by atoms with Crippen molar-refractivity contribution >= 4 is 11.4 Å². The van der Waals surface area contributed by atoms with E-state index in [4.69, 9.17) is 4.99 Å². The molecule has 0 amide bonds. The first kappa shape index (κ1) is 19.9. The molecule has 8 nitrogen and oxygen atoms in total. The first-order valence-corrected chi connectivity index (χ1v) is 11.3. The van der Waals surface area contributed by atoms with Gasteiger partial charge in [0.2, 0.25) is 0 Å². The molecule has 2 aromatic heterocycles. The van der Waals surface area contributed by atoms with Gasteiger partial charge in [-0.1, -0.05) is 18.2 Å². The highest BCUT2D eigenvalue weighted by molar-refractivity contribution is 6.15. The molecule has 2 aliphatic heterocycles. The molecule has 4 aromatic rings. The third-order valence-corrected chi connectivity index (χ3v) is 6.42. The van der Waals surface area contributed by atoms with Gasteiger partial charge in [-0.2, -0.15) is 5.10 Å². The van der Waals surface area contributed by atoms with Crippen LogP contribution in [0.3, 0.4) is 0 Å². The third-order valence-electron chi connectivity index (χ3n) is 6.42. The lowest BCUT2D eigenvalue weighted by atomic mass is 9.96. The molecule has 4 heterocycles. The maximum atomic E-state index is 5.02. The molecule has 0 radical (unpaired) electrons. The first-order valence-electron chi connectivity index (χ1n) is 11.3. The number of rotatable bonds is 3. The van der Waals surface area contributed by atoms with Gasteiger partial charge in [0.15, 0.2) is 5.82 Å². The molecule has 0 atom stereocenters. The van der Waals surface area contributed by atoms with E-state index < -0.39 is 0 Å². The minimum atomic E-state index is 0.493. The molecule has 166 valence electrons. The Bertz CT molecular complexity index is 1340. The van der Waals surface area contributed by atoms with E-state index in [0.717, 1.165) is 71.5 Å². The van der Waals surface area contributed by atoms with Gasteiger partial charge >= 0.3 is 0 Å². The van der Waals surface area contributed by atoms with E-state index in [0.29, 0.717) is 6.54 Å². The second-order valence-electron chi connectivity index (χ2n) is 8.58. The van der Waals surface area contributed by atoms with Crippen LogP contribution in [0.15, 0.2) is 59.9 Å². The van der Waals surface area contributed by atoms with E-state index >= 15 is 0 Å². The van der Waals surface area contributed by atoms with Gasteiger partial charge in [-0.15, -0.1) is 10.2 Å². The second kappa shape index (κ2) is 7.97. The standard InChI is InChI=1S/C25H26N8/c1-17-29-30-24-15-27-25(18-3-6-21(7-4-18)32-11-9-26-10-12-32)22-13-19(5-8-23(22)33(17)24)20-14-28-31(2)16-20/h3-8,13-14,16,26H,9-12,15H2,1-2H3. The summed E-state index contributed by atoms with van der Waals surface area (Å²) in [6, 6.07) is 15.3. The van der Waals surface area contributed by atoms with Crippen molar-refractivity contribution in [2.45, 2.75) is 13.5 Å². The third kappa shape index (κ3) is 3.52. The number of benzene rings is 2. The highest BCUT2D eigenvalue weighted by atomic mass is 15.3. The molecule has 1 N–H and O–H groups in total. The van der Waals surface area contributed by atoms with Crippen molar-refractivity contribution in [1.29, 1.82) is 0 Å². The summed E-state index contributed by atoms with van der Waals surface area (Å²) in [7, 11) is 1.94. The molecule has 0 bridgehead atoms. The fraction of sp³-hybridized carbons (Fsp3) is 0.280. The molecule has 1 fully saturated rings. The smallest absolute Gasteiger partial charge is 0.159 e. The van der Waals surface area contributed by atoms with Crippen molar-refractivity contribution in [2.75, 3.05) is 31.1 Å². The van der Waals surface area contributed by atoms with E-state index in [1.54, 1.807) is 0 Å². The average Bonchev–Trinajstić information content (AvgIpc) is 3.41. The summed E-state index contributed by atoms with van der Waals surface area (Å²) < 4.78 is 3.95. The fourth-order valence-corrected chi connectivity index (χ4v) is 4.73. The predicted octanol–water partition coefficient (Wildman–Crippen LogP) is 2.74. The summed E-state index contributed by atoms with van der Waals surface area (Å²) in [5.41, 5.74) is 7.67. The molecule has 6 rings (SSSR count). The zero-order valence-corrected chi connectivity index (χ0v) is 18.9. The summed E-state index contributed by atoms with van der Waals surface area (Å²) in [5.74, 6) is 1.72. The van der Waals surface area contributed by atoms with Crippen LogP contribution in [-0.4, -0.2) is 56.4 Å². The Morgan fingerprint density at radius 3 is 2.45 bits per heavy atom. The van der Waals surface area contributed by atoms with Crippen LogP contribution in [0.2, 0.25) is 0 Å². The number of piperazine rings is 1. The average molecular weight is 439 g/mol. The summed E-state index contributed by atoms with van der Waals surface area (Å²) in [5, 5.41) is 16.5. The lowest BCUT2D eigenvalue weighted by molar-refractivity contribution is 0.589. The van der Waals surface area contributed by atoms with Crippen LogP contribution in [0.1, 0.15) is 22.8 Å². The fourth-order valence-electron chi connectivity index (χ4n) is 4.73. The number of hydrogen-bond donors (Lipinski definition) is 1. The van der Waals surface area contributed by atoms with Gasteiger partial charge in [-0.25, -0.2) is 0 Å². The number of nitrogens with one attached hydrogen (secondary N) is 1. The Morgan fingerprint density at radius 2 is 1.70 bits per heavy atom. The molecular weight excluding hydrogens is 412 g/mol. The molecule has 2 aliphatic rings. The normalized spacial score (nSPS) is 15.6. The number of nitrogens with zero attached hydrogens (tertiary/aromatic N) is 7. The number of hydrogen-bond acceptors (Lipinski definition) is 6. The molecule has 33 heavy (non-hydrogen) atoms. The highest BCUT2D eigenvalue weighted by Crippen LogP contribution is 2.30. The largest absolute Gasteiger partial charge is 0.369 e. The number of aromatic nitrogens is 5. The maximum Gasteiger partial charge on any atom is 0.159 e. The highest BCUT2D eigenvalue weighted by Gasteiger charge is 2.23. The van der Waals surface area contributed by atoms with Gasteiger partial charge in [0.05, 0.1) is 17.6 Å². The second-order valence-corrected chi connectivity index (χ2v) is 8.58. The summed E-state index contributed by atoms with van der Waals surface area (Å²) in [4.78, 5) is 7.45. The van der Waals surface area contributed by atoms with E-state index in [1.165, 1.54) is 5.69 Å². The minimum absolute atomic E-state index is 0.493. The van der Waals surface area contributed by atoms with E-state index in [9.17, 15) is 0 Å². The number of aliphatic imine (C=N–C) groups is 1. The van der Waals surface area contributed by atoms with Crippen molar-refractivity contribution in [3.63, 3.8) is 0 Å². The van der Waals surface area contributed by atoms with Crippen molar-refractivity contribution < 1.29 is 0 Å². The van der Waals surface area contributed by atoms with Crippen LogP contribution in [0.4, 0.5) is 5.69 Å². The Balaban J connectivity index is 1.45. The van der Waals surface area contributed by atoms with Crippen molar-refractivity contribution in [2.24, 2.45) is 12.0 Å². The molecule has 0 aliphatic carbocycles. The Labute approximate surface area is 192 Å². The maximum absolute atomic E-state index is 5.02. The van der Waals surface area contributed by atoms with Crippen molar-refractivity contribution in [3.05, 3.63) is 77.6 Å². The van der Waals surface area contributed by atoms with Crippen LogP contribution in [0.25, 0.3) is 16.8 Å². The molecule has 2 aromatic carbocycles. The predicted molar refractivity (Wildman–Crippen MR) is 129 cm³/mol. The van der Waals surface area contributed by atoms with E-state index in [1.807, 2.05) is 31.0 Å². The monoisotopic (exact) mass is 438 g/mol. The molecule has 0 spiro atoms. The van der Waals surface area contributed by atoms with Crippen LogP contribution in [0.5, 0.6) is 0 Å². The Kier molecular flexibility index (Phi) is 4.80. The van der Waals surface area contributed by atoms with Gasteiger partial charge in [-0.3, -0.25) is 14.2 Å².